The van der Waals surface area contributed by atoms with Crippen LogP contribution < -0.4 is 10.6 Å². The third-order valence-electron chi connectivity index (χ3n) is 4.11. The molecule has 0 saturated carbocycles. The minimum absolute atomic E-state index is 0.0116. The van der Waals surface area contributed by atoms with Crippen LogP contribution in [0.3, 0.4) is 0 Å². The summed E-state index contributed by atoms with van der Waals surface area (Å²) in [6.45, 7) is 5.66. The summed E-state index contributed by atoms with van der Waals surface area (Å²) in [5, 5.41) is 10.5. The lowest BCUT2D eigenvalue weighted by Gasteiger charge is -2.22. The minimum atomic E-state index is -0.394. The maximum Gasteiger partial charge on any atom is 0.291 e. The van der Waals surface area contributed by atoms with Crippen LogP contribution in [0, 0.1) is 5.82 Å². The molecular formula is C17H22FN5O. The second-order valence-electron chi connectivity index (χ2n) is 6.31. The van der Waals surface area contributed by atoms with Crippen LogP contribution in [0.4, 0.5) is 4.39 Å². The van der Waals surface area contributed by atoms with Gasteiger partial charge in [0, 0.05) is 12.0 Å². The summed E-state index contributed by atoms with van der Waals surface area (Å²) in [6.07, 6.45) is 1.77. The number of amides is 1. The van der Waals surface area contributed by atoms with E-state index in [-0.39, 0.29) is 23.7 Å². The molecule has 0 radical (unpaired) electrons. The summed E-state index contributed by atoms with van der Waals surface area (Å²) in [7, 11) is 0. The van der Waals surface area contributed by atoms with E-state index in [1.54, 1.807) is 18.2 Å². The van der Waals surface area contributed by atoms with Crippen molar-refractivity contribution in [2.24, 2.45) is 0 Å². The molecule has 0 unspecified atom stereocenters. The molecule has 2 heterocycles. The number of carbonyl (C=O) groups is 1. The number of rotatable bonds is 4. The van der Waals surface area contributed by atoms with Gasteiger partial charge < -0.3 is 10.6 Å². The zero-order chi connectivity index (χ0) is 17.1. The minimum Gasteiger partial charge on any atom is -0.346 e. The van der Waals surface area contributed by atoms with Gasteiger partial charge in [-0.3, -0.25) is 4.79 Å². The number of carbonyl (C=O) groups excluding carboxylic acids is 1. The molecule has 0 spiro atoms. The van der Waals surface area contributed by atoms with Crippen molar-refractivity contribution < 1.29 is 9.18 Å². The molecule has 1 amide bonds. The van der Waals surface area contributed by atoms with Crippen molar-refractivity contribution in [3.63, 3.8) is 0 Å². The Morgan fingerprint density at radius 1 is 1.33 bits per heavy atom. The first kappa shape index (κ1) is 16.6. The van der Waals surface area contributed by atoms with E-state index in [0.29, 0.717) is 11.5 Å². The van der Waals surface area contributed by atoms with E-state index >= 15 is 0 Å². The van der Waals surface area contributed by atoms with Gasteiger partial charge in [-0.15, -0.1) is 5.10 Å². The zero-order valence-corrected chi connectivity index (χ0v) is 13.9. The van der Waals surface area contributed by atoms with Crippen LogP contribution in [0.25, 0.3) is 5.69 Å². The standard InChI is InChI=1S/C17H22FN5O/c1-11(2)16-21-15(17(24)20-12-7-9-19-10-8-12)22-23(16)14-6-4-3-5-13(14)18/h3-6,11-12,19H,7-10H2,1-2H3,(H,20,24). The van der Waals surface area contributed by atoms with E-state index in [2.05, 4.69) is 20.7 Å². The smallest absolute Gasteiger partial charge is 0.291 e. The van der Waals surface area contributed by atoms with Gasteiger partial charge >= 0.3 is 0 Å². The third-order valence-corrected chi connectivity index (χ3v) is 4.11. The Morgan fingerprint density at radius 3 is 2.71 bits per heavy atom. The van der Waals surface area contributed by atoms with Gasteiger partial charge in [0.2, 0.25) is 5.82 Å². The van der Waals surface area contributed by atoms with E-state index in [1.807, 2.05) is 13.8 Å². The average Bonchev–Trinajstić information content (AvgIpc) is 3.02. The van der Waals surface area contributed by atoms with Crippen LogP contribution in [0.5, 0.6) is 0 Å². The summed E-state index contributed by atoms with van der Waals surface area (Å²) in [5.41, 5.74) is 0.301. The van der Waals surface area contributed by atoms with Crippen molar-refractivity contribution >= 4 is 5.91 Å². The molecule has 1 saturated heterocycles. The Labute approximate surface area is 140 Å². The zero-order valence-electron chi connectivity index (χ0n) is 13.9. The van der Waals surface area contributed by atoms with Crippen molar-refractivity contribution in [3.8, 4) is 5.69 Å². The Kier molecular flexibility index (Phi) is 4.89. The molecule has 6 nitrogen and oxygen atoms in total. The average molecular weight is 331 g/mol. The highest BCUT2D eigenvalue weighted by Crippen LogP contribution is 2.19. The van der Waals surface area contributed by atoms with Crippen LogP contribution in [-0.4, -0.2) is 39.8 Å². The van der Waals surface area contributed by atoms with Crippen molar-refractivity contribution in [1.82, 2.24) is 25.4 Å². The summed E-state index contributed by atoms with van der Waals surface area (Å²) in [5.74, 6) is -0.0397. The summed E-state index contributed by atoms with van der Waals surface area (Å²) in [4.78, 5) is 16.8. The van der Waals surface area contributed by atoms with Crippen LogP contribution in [0.1, 0.15) is 49.1 Å². The SMILES string of the molecule is CC(C)c1nc(C(=O)NC2CCNCC2)nn1-c1ccccc1F. The predicted octanol–water partition coefficient (Wildman–Crippen LogP) is 2.01. The molecule has 2 aromatic rings. The molecule has 3 rings (SSSR count). The van der Waals surface area contributed by atoms with Gasteiger partial charge in [-0.05, 0) is 38.1 Å². The van der Waals surface area contributed by atoms with E-state index in [0.717, 1.165) is 25.9 Å². The molecule has 0 aliphatic carbocycles. The monoisotopic (exact) mass is 331 g/mol. The number of para-hydroxylation sites is 1. The van der Waals surface area contributed by atoms with Crippen molar-refractivity contribution in [2.45, 2.75) is 38.6 Å². The number of nitrogens with zero attached hydrogens (tertiary/aromatic N) is 3. The highest BCUT2D eigenvalue weighted by molar-refractivity contribution is 5.90. The molecule has 1 aromatic carbocycles. The molecule has 7 heteroatoms. The predicted molar refractivity (Wildman–Crippen MR) is 88.8 cm³/mol. The van der Waals surface area contributed by atoms with E-state index in [9.17, 15) is 9.18 Å². The fourth-order valence-electron chi connectivity index (χ4n) is 2.81. The lowest BCUT2D eigenvalue weighted by atomic mass is 10.1. The molecule has 0 bridgehead atoms. The van der Waals surface area contributed by atoms with E-state index in [1.165, 1.54) is 10.7 Å². The van der Waals surface area contributed by atoms with Gasteiger partial charge in [-0.25, -0.2) is 14.1 Å². The van der Waals surface area contributed by atoms with Gasteiger partial charge in [0.1, 0.15) is 17.3 Å². The number of benzene rings is 1. The van der Waals surface area contributed by atoms with Gasteiger partial charge in [0.25, 0.3) is 5.91 Å². The summed E-state index contributed by atoms with van der Waals surface area (Å²) < 4.78 is 15.5. The molecular weight excluding hydrogens is 309 g/mol. The van der Waals surface area contributed by atoms with Crippen molar-refractivity contribution in [3.05, 3.63) is 41.7 Å². The number of hydrogen-bond acceptors (Lipinski definition) is 4. The third kappa shape index (κ3) is 3.46. The molecule has 1 aliphatic rings. The number of halogens is 1. The van der Waals surface area contributed by atoms with Gasteiger partial charge in [0.15, 0.2) is 0 Å². The first-order valence-electron chi connectivity index (χ1n) is 8.29. The Morgan fingerprint density at radius 2 is 2.04 bits per heavy atom. The lowest BCUT2D eigenvalue weighted by molar-refractivity contribution is 0.0919. The number of hydrogen-bond donors (Lipinski definition) is 2. The molecule has 1 fully saturated rings. The Balaban J connectivity index is 1.88. The molecule has 128 valence electrons. The second kappa shape index (κ2) is 7.09. The van der Waals surface area contributed by atoms with Crippen LogP contribution in [-0.2, 0) is 0 Å². The quantitative estimate of drug-likeness (QED) is 0.899. The maximum atomic E-state index is 14.1. The number of piperidine rings is 1. The first-order valence-corrected chi connectivity index (χ1v) is 8.29. The molecule has 24 heavy (non-hydrogen) atoms. The fraction of sp³-hybridized carbons (Fsp3) is 0.471. The van der Waals surface area contributed by atoms with Crippen LogP contribution >= 0.6 is 0 Å². The van der Waals surface area contributed by atoms with Crippen molar-refractivity contribution in [1.29, 1.82) is 0 Å². The van der Waals surface area contributed by atoms with Crippen LogP contribution in [0.2, 0.25) is 0 Å². The Hall–Kier alpha value is -2.28. The molecule has 1 aliphatic heterocycles. The highest BCUT2D eigenvalue weighted by atomic mass is 19.1. The lowest BCUT2D eigenvalue weighted by Crippen LogP contribution is -2.43. The van der Waals surface area contributed by atoms with Crippen molar-refractivity contribution in [2.75, 3.05) is 13.1 Å². The number of aromatic nitrogens is 3. The van der Waals surface area contributed by atoms with Gasteiger partial charge in [-0.1, -0.05) is 26.0 Å². The summed E-state index contributed by atoms with van der Waals surface area (Å²) in [6, 6.07) is 6.48. The normalized spacial score (nSPS) is 15.7. The largest absolute Gasteiger partial charge is 0.346 e. The molecule has 2 N–H and O–H groups in total. The number of nitrogens with one attached hydrogen (secondary N) is 2. The first-order chi connectivity index (χ1) is 11.6. The van der Waals surface area contributed by atoms with E-state index in [4.69, 9.17) is 0 Å². The second-order valence-corrected chi connectivity index (χ2v) is 6.31. The Bertz CT molecular complexity index is 722. The van der Waals surface area contributed by atoms with Gasteiger partial charge in [0.05, 0.1) is 0 Å². The maximum absolute atomic E-state index is 14.1. The van der Waals surface area contributed by atoms with Gasteiger partial charge in [-0.2, -0.15) is 0 Å². The van der Waals surface area contributed by atoms with E-state index < -0.39 is 5.82 Å². The molecule has 1 aromatic heterocycles. The highest BCUT2D eigenvalue weighted by Gasteiger charge is 2.23. The van der Waals surface area contributed by atoms with Crippen LogP contribution in [0.15, 0.2) is 24.3 Å². The fourth-order valence-corrected chi connectivity index (χ4v) is 2.81. The molecule has 0 atom stereocenters. The summed E-state index contributed by atoms with van der Waals surface area (Å²) >= 11 is 0. The topological polar surface area (TPSA) is 71.8 Å².